The van der Waals surface area contributed by atoms with Gasteiger partial charge in [0.05, 0.1) is 12.0 Å². The second-order valence-corrected chi connectivity index (χ2v) is 6.38. The van der Waals surface area contributed by atoms with Crippen LogP contribution in [0.15, 0.2) is 53.6 Å². The fourth-order valence-electron chi connectivity index (χ4n) is 2.56. The van der Waals surface area contributed by atoms with Gasteiger partial charge >= 0.3 is 5.97 Å². The van der Waals surface area contributed by atoms with Gasteiger partial charge in [-0.05, 0) is 49.0 Å². The highest BCUT2D eigenvalue weighted by molar-refractivity contribution is 8.18. The smallest absolute Gasteiger partial charge is 0.328 e. The first-order valence-electron chi connectivity index (χ1n) is 7.60. The number of esters is 1. The van der Waals surface area contributed by atoms with Gasteiger partial charge in [0, 0.05) is 17.6 Å². The summed E-state index contributed by atoms with van der Waals surface area (Å²) < 4.78 is 6.54. The lowest BCUT2D eigenvalue weighted by Gasteiger charge is -2.18. The minimum Gasteiger partial charge on any atom is -0.467 e. The van der Waals surface area contributed by atoms with E-state index in [9.17, 15) is 14.4 Å². The molecule has 0 saturated carbocycles. The summed E-state index contributed by atoms with van der Waals surface area (Å²) in [7, 11) is 1.22. The summed E-state index contributed by atoms with van der Waals surface area (Å²) in [6, 6.07) is 12.4. The SMILES string of the molecule is COC(=O)[C@H](C)N1C(=O)S/C(=C/c2cccn2-c2ccccc2)C1=O. The molecule has 2 aromatic rings. The zero-order valence-corrected chi connectivity index (χ0v) is 14.5. The number of carbonyl (C=O) groups excluding carboxylic acids is 3. The van der Waals surface area contributed by atoms with Crippen LogP contribution >= 0.6 is 11.8 Å². The van der Waals surface area contributed by atoms with Crippen LogP contribution in [0.4, 0.5) is 4.79 Å². The fourth-order valence-corrected chi connectivity index (χ4v) is 3.45. The maximum atomic E-state index is 12.6. The molecule has 2 heterocycles. The number of thioether (sulfide) groups is 1. The van der Waals surface area contributed by atoms with E-state index in [0.29, 0.717) is 0 Å². The lowest BCUT2D eigenvalue weighted by atomic mass is 10.2. The highest BCUT2D eigenvalue weighted by atomic mass is 32.2. The third-order valence-corrected chi connectivity index (χ3v) is 4.73. The van der Waals surface area contributed by atoms with Crippen molar-refractivity contribution >= 4 is 35.0 Å². The minimum atomic E-state index is -0.954. The average molecular weight is 356 g/mol. The van der Waals surface area contributed by atoms with Crippen molar-refractivity contribution in [1.29, 1.82) is 0 Å². The van der Waals surface area contributed by atoms with Crippen LogP contribution in [0.3, 0.4) is 0 Å². The minimum absolute atomic E-state index is 0.275. The molecule has 0 aliphatic carbocycles. The van der Waals surface area contributed by atoms with Gasteiger partial charge in [-0.15, -0.1) is 0 Å². The average Bonchev–Trinajstić information content (AvgIpc) is 3.19. The van der Waals surface area contributed by atoms with E-state index in [1.165, 1.54) is 14.0 Å². The molecular formula is C18H16N2O4S. The molecule has 0 unspecified atom stereocenters. The van der Waals surface area contributed by atoms with Gasteiger partial charge in [0.2, 0.25) is 0 Å². The van der Waals surface area contributed by atoms with E-state index >= 15 is 0 Å². The van der Waals surface area contributed by atoms with Crippen molar-refractivity contribution in [3.05, 3.63) is 59.3 Å². The Morgan fingerprint density at radius 2 is 1.88 bits per heavy atom. The molecule has 3 rings (SSSR count). The monoisotopic (exact) mass is 356 g/mol. The summed E-state index contributed by atoms with van der Waals surface area (Å²) in [5.74, 6) is -1.12. The molecule has 1 aliphatic rings. The Bertz CT molecular complexity index is 857. The molecule has 1 aromatic carbocycles. The van der Waals surface area contributed by atoms with E-state index in [2.05, 4.69) is 4.74 Å². The van der Waals surface area contributed by atoms with Gasteiger partial charge in [0.1, 0.15) is 6.04 Å². The molecule has 7 heteroatoms. The standard InChI is InChI=1S/C18H16N2O4S/c1-12(17(22)24-2)20-16(21)15(25-18(20)23)11-14-9-6-10-19(14)13-7-4-3-5-8-13/h3-12H,1-2H3/b15-11+/t12-/m0/s1. The van der Waals surface area contributed by atoms with E-state index in [1.54, 1.807) is 6.08 Å². The van der Waals surface area contributed by atoms with Crippen molar-refractivity contribution in [3.63, 3.8) is 0 Å². The van der Waals surface area contributed by atoms with Gasteiger partial charge in [0.25, 0.3) is 11.1 Å². The second-order valence-electron chi connectivity index (χ2n) is 5.39. The summed E-state index contributed by atoms with van der Waals surface area (Å²) in [5, 5.41) is -0.480. The Labute approximate surface area is 149 Å². The quantitative estimate of drug-likeness (QED) is 0.622. The number of aromatic nitrogens is 1. The van der Waals surface area contributed by atoms with Gasteiger partial charge < -0.3 is 9.30 Å². The number of para-hydroxylation sites is 1. The zero-order valence-electron chi connectivity index (χ0n) is 13.7. The number of ether oxygens (including phenoxy) is 1. The Balaban J connectivity index is 1.92. The third kappa shape index (κ3) is 3.23. The van der Waals surface area contributed by atoms with Gasteiger partial charge in [-0.25, -0.2) is 4.79 Å². The number of nitrogens with zero attached hydrogens (tertiary/aromatic N) is 2. The molecule has 1 saturated heterocycles. The molecule has 0 spiro atoms. The van der Waals surface area contributed by atoms with E-state index in [-0.39, 0.29) is 4.91 Å². The number of hydrogen-bond donors (Lipinski definition) is 0. The molecule has 1 atom stereocenters. The predicted molar refractivity (Wildman–Crippen MR) is 95.1 cm³/mol. The number of methoxy groups -OCH3 is 1. The van der Waals surface area contributed by atoms with Gasteiger partial charge in [-0.2, -0.15) is 0 Å². The van der Waals surface area contributed by atoms with E-state index in [4.69, 9.17) is 0 Å². The van der Waals surface area contributed by atoms with Gasteiger partial charge in [0.15, 0.2) is 0 Å². The second kappa shape index (κ2) is 6.98. The molecule has 0 bridgehead atoms. The molecule has 0 N–H and O–H groups in total. The first kappa shape index (κ1) is 17.0. The summed E-state index contributed by atoms with van der Waals surface area (Å²) in [6.07, 6.45) is 3.53. The summed E-state index contributed by atoms with van der Waals surface area (Å²) >= 11 is 0.818. The highest BCUT2D eigenvalue weighted by Gasteiger charge is 2.41. The molecule has 0 radical (unpaired) electrons. The van der Waals surface area contributed by atoms with Crippen LogP contribution in [-0.2, 0) is 14.3 Å². The number of hydrogen-bond acceptors (Lipinski definition) is 5. The Hall–Kier alpha value is -2.80. The Morgan fingerprint density at radius 1 is 1.16 bits per heavy atom. The summed E-state index contributed by atoms with van der Waals surface area (Å²) in [4.78, 5) is 37.6. The fraction of sp³-hybridized carbons (Fsp3) is 0.167. The number of imide groups is 1. The molecule has 6 nitrogen and oxygen atoms in total. The topological polar surface area (TPSA) is 68.6 Å². The third-order valence-electron chi connectivity index (χ3n) is 3.85. The van der Waals surface area contributed by atoms with Crippen LogP contribution in [0, 0.1) is 0 Å². The first-order valence-corrected chi connectivity index (χ1v) is 8.42. The van der Waals surface area contributed by atoms with E-state index in [1.807, 2.05) is 53.2 Å². The largest absolute Gasteiger partial charge is 0.467 e. The van der Waals surface area contributed by atoms with E-state index < -0.39 is 23.2 Å². The number of carbonyl (C=O) groups is 3. The summed E-state index contributed by atoms with van der Waals surface area (Å²) in [5.41, 5.74) is 1.71. The van der Waals surface area contributed by atoms with Crippen LogP contribution in [0.2, 0.25) is 0 Å². The van der Waals surface area contributed by atoms with Gasteiger partial charge in [-0.1, -0.05) is 18.2 Å². The van der Waals surface area contributed by atoms with Crippen LogP contribution in [0.1, 0.15) is 12.6 Å². The van der Waals surface area contributed by atoms with Crippen molar-refractivity contribution in [3.8, 4) is 5.69 Å². The van der Waals surface area contributed by atoms with Crippen molar-refractivity contribution in [2.24, 2.45) is 0 Å². The molecule has 1 fully saturated rings. The van der Waals surface area contributed by atoms with Crippen molar-refractivity contribution in [2.75, 3.05) is 7.11 Å². The maximum Gasteiger partial charge on any atom is 0.328 e. The van der Waals surface area contributed by atoms with Crippen LogP contribution in [-0.4, -0.2) is 39.7 Å². The lowest BCUT2D eigenvalue weighted by molar-refractivity contribution is -0.148. The first-order chi connectivity index (χ1) is 12.0. The Kier molecular flexibility index (Phi) is 4.76. The predicted octanol–water partition coefficient (Wildman–Crippen LogP) is 3.08. The van der Waals surface area contributed by atoms with Crippen LogP contribution in [0.5, 0.6) is 0 Å². The van der Waals surface area contributed by atoms with E-state index in [0.717, 1.165) is 28.0 Å². The van der Waals surface area contributed by atoms with Crippen LogP contribution in [0.25, 0.3) is 11.8 Å². The number of amides is 2. The van der Waals surface area contributed by atoms with Crippen LogP contribution < -0.4 is 0 Å². The Morgan fingerprint density at radius 3 is 2.56 bits per heavy atom. The molecule has 25 heavy (non-hydrogen) atoms. The molecule has 2 amide bonds. The van der Waals surface area contributed by atoms with Gasteiger partial charge in [-0.3, -0.25) is 14.5 Å². The zero-order chi connectivity index (χ0) is 18.0. The lowest BCUT2D eigenvalue weighted by Crippen LogP contribution is -2.42. The number of rotatable bonds is 4. The van der Waals surface area contributed by atoms with Crippen molar-refractivity contribution in [1.82, 2.24) is 9.47 Å². The normalized spacial score (nSPS) is 17.2. The molecule has 1 aliphatic heterocycles. The highest BCUT2D eigenvalue weighted by Crippen LogP contribution is 2.34. The molecule has 128 valence electrons. The number of benzene rings is 1. The molecule has 1 aromatic heterocycles. The van der Waals surface area contributed by atoms with Crippen molar-refractivity contribution in [2.45, 2.75) is 13.0 Å². The maximum absolute atomic E-state index is 12.6. The molecular weight excluding hydrogens is 340 g/mol. The summed E-state index contributed by atoms with van der Waals surface area (Å²) in [6.45, 7) is 1.47. The van der Waals surface area contributed by atoms with Crippen molar-refractivity contribution < 1.29 is 19.1 Å².